The highest BCUT2D eigenvalue weighted by molar-refractivity contribution is 6.32. The van der Waals surface area contributed by atoms with Gasteiger partial charge in [0, 0.05) is 49.8 Å². The van der Waals surface area contributed by atoms with Gasteiger partial charge in [0.15, 0.2) is 6.73 Å². The predicted molar refractivity (Wildman–Crippen MR) is 135 cm³/mol. The molecule has 0 radical (unpaired) electrons. The maximum absolute atomic E-state index is 8.98. The summed E-state index contributed by atoms with van der Waals surface area (Å²) in [5, 5.41) is 13.0. The number of pyridine rings is 1. The fraction of sp³-hybridized carbons (Fsp3) is 0.269. The van der Waals surface area contributed by atoms with Crippen LogP contribution >= 0.6 is 11.6 Å². The zero-order chi connectivity index (χ0) is 24.5. The van der Waals surface area contributed by atoms with Crippen molar-refractivity contribution in [2.45, 2.75) is 32.2 Å². The number of aromatic nitrogens is 5. The second-order valence-corrected chi connectivity index (χ2v) is 9.28. The van der Waals surface area contributed by atoms with E-state index in [0.717, 1.165) is 60.9 Å². The van der Waals surface area contributed by atoms with E-state index in [4.69, 9.17) is 26.6 Å². The van der Waals surface area contributed by atoms with Gasteiger partial charge in [-0.3, -0.25) is 14.5 Å². The van der Waals surface area contributed by atoms with Crippen molar-refractivity contribution in [2.75, 3.05) is 18.4 Å². The first-order valence-corrected chi connectivity index (χ1v) is 12.2. The van der Waals surface area contributed by atoms with E-state index in [9.17, 15) is 0 Å². The number of hydrogen-bond acceptors (Lipinski definition) is 8. The van der Waals surface area contributed by atoms with Crippen LogP contribution in [0.3, 0.4) is 0 Å². The van der Waals surface area contributed by atoms with Crippen molar-refractivity contribution in [2.24, 2.45) is 0 Å². The molecule has 0 unspecified atom stereocenters. The number of nitrogens with one attached hydrogen (secondary N) is 1. The third kappa shape index (κ3) is 4.37. The van der Waals surface area contributed by atoms with Crippen LogP contribution in [-0.4, -0.2) is 48.5 Å². The summed E-state index contributed by atoms with van der Waals surface area (Å²) in [5.74, 6) is 2.44. The average Bonchev–Trinajstić information content (AvgIpc) is 3.27. The summed E-state index contributed by atoms with van der Waals surface area (Å²) in [6.07, 6.45) is 7.10. The van der Waals surface area contributed by atoms with Crippen molar-refractivity contribution < 1.29 is 4.74 Å². The summed E-state index contributed by atoms with van der Waals surface area (Å²) in [4.78, 5) is 19.6. The van der Waals surface area contributed by atoms with Gasteiger partial charge in [0.25, 0.3) is 0 Å². The summed E-state index contributed by atoms with van der Waals surface area (Å²) in [6.45, 7) is 3.20. The van der Waals surface area contributed by atoms with Crippen LogP contribution in [-0.2, 0) is 13.3 Å². The van der Waals surface area contributed by atoms with Gasteiger partial charge in [-0.25, -0.2) is 15.0 Å². The lowest BCUT2D eigenvalue weighted by Crippen LogP contribution is -2.38. The highest BCUT2D eigenvalue weighted by Crippen LogP contribution is 2.39. The minimum absolute atomic E-state index is 0.188. The number of anilines is 1. The van der Waals surface area contributed by atoms with E-state index >= 15 is 0 Å². The second kappa shape index (κ2) is 9.57. The van der Waals surface area contributed by atoms with Gasteiger partial charge >= 0.3 is 0 Å². The van der Waals surface area contributed by atoms with Crippen LogP contribution in [0.5, 0.6) is 5.75 Å². The molecule has 2 aliphatic rings. The van der Waals surface area contributed by atoms with Gasteiger partial charge in [-0.2, -0.15) is 5.26 Å². The molecule has 4 aromatic rings. The number of ether oxygens (including phenoxy) is 1. The van der Waals surface area contributed by atoms with Crippen molar-refractivity contribution in [3.05, 3.63) is 71.5 Å². The number of hydrogen-bond donors (Lipinski definition) is 1. The Bertz CT molecular complexity index is 1440. The number of benzene rings is 1. The van der Waals surface area contributed by atoms with Gasteiger partial charge in [-0.1, -0.05) is 35.9 Å². The van der Waals surface area contributed by atoms with Crippen LogP contribution in [0.15, 0.2) is 55.0 Å². The lowest BCUT2D eigenvalue weighted by atomic mass is 10.0. The molecule has 0 aliphatic carbocycles. The molecule has 36 heavy (non-hydrogen) atoms. The third-order valence-electron chi connectivity index (χ3n) is 6.61. The summed E-state index contributed by atoms with van der Waals surface area (Å²) in [7, 11) is 0. The van der Waals surface area contributed by atoms with Crippen molar-refractivity contribution in [3.63, 3.8) is 0 Å². The standard InChI is InChI=1S/C26H23ClN8O/c27-25-24(33-26-20-14-29-9-5-21(20)36-16-35(25)26)18-3-1-17(2-4-18)15-34-11-7-19(8-12-34)31-22-6-10-30-23(13-28)32-22/h1-6,9-10,14,19H,7-8,11-12,15-16H2,(H,30,31,32). The molecule has 5 heterocycles. The molecule has 1 fully saturated rings. The molecule has 0 amide bonds. The Kier molecular flexibility index (Phi) is 5.97. The molecule has 0 bridgehead atoms. The first-order valence-electron chi connectivity index (χ1n) is 11.8. The van der Waals surface area contributed by atoms with Crippen molar-refractivity contribution in [1.82, 2.24) is 29.4 Å². The molecule has 1 saturated heterocycles. The Balaban J connectivity index is 1.09. The number of likely N-dealkylation sites (tertiary alicyclic amines) is 1. The summed E-state index contributed by atoms with van der Waals surface area (Å²) in [6, 6.07) is 14.4. The largest absolute Gasteiger partial charge is 0.472 e. The first-order chi connectivity index (χ1) is 17.7. The van der Waals surface area contributed by atoms with E-state index in [1.165, 1.54) is 5.56 Å². The zero-order valence-corrected chi connectivity index (χ0v) is 20.2. The molecule has 10 heteroatoms. The van der Waals surface area contributed by atoms with Gasteiger partial charge in [-0.15, -0.1) is 0 Å². The van der Waals surface area contributed by atoms with Crippen molar-refractivity contribution >= 4 is 17.4 Å². The van der Waals surface area contributed by atoms with E-state index < -0.39 is 0 Å². The highest BCUT2D eigenvalue weighted by Gasteiger charge is 2.25. The topological polar surface area (TPSA) is 105 Å². The molecule has 6 rings (SSSR count). The van der Waals surface area contributed by atoms with E-state index in [2.05, 4.69) is 49.4 Å². The van der Waals surface area contributed by atoms with Crippen LogP contribution in [0.25, 0.3) is 22.6 Å². The van der Waals surface area contributed by atoms with Crippen molar-refractivity contribution in [3.8, 4) is 34.5 Å². The molecule has 1 N–H and O–H groups in total. The van der Waals surface area contributed by atoms with Gasteiger partial charge < -0.3 is 10.1 Å². The number of nitriles is 1. The summed E-state index contributed by atoms with van der Waals surface area (Å²) in [5.41, 5.74) is 3.81. The molecule has 2 aliphatic heterocycles. The quantitative estimate of drug-likeness (QED) is 0.433. The van der Waals surface area contributed by atoms with Crippen LogP contribution < -0.4 is 10.1 Å². The SMILES string of the molecule is N#Cc1nccc(NC2CCN(Cc3ccc(-c4nc5n(c4Cl)COc4ccncc4-5)cc3)CC2)n1. The monoisotopic (exact) mass is 498 g/mol. The fourth-order valence-electron chi connectivity index (χ4n) is 4.71. The highest BCUT2D eigenvalue weighted by atomic mass is 35.5. The summed E-state index contributed by atoms with van der Waals surface area (Å²) >= 11 is 6.69. The number of fused-ring (bicyclic) bond motifs is 3. The Morgan fingerprint density at radius 2 is 1.92 bits per heavy atom. The van der Waals surface area contributed by atoms with Crippen LogP contribution in [0.1, 0.15) is 24.2 Å². The molecule has 0 spiro atoms. The minimum Gasteiger partial charge on any atom is -0.472 e. The zero-order valence-electron chi connectivity index (χ0n) is 19.4. The maximum atomic E-state index is 8.98. The molecule has 3 aromatic heterocycles. The fourth-order valence-corrected chi connectivity index (χ4v) is 4.99. The Morgan fingerprint density at radius 1 is 1.08 bits per heavy atom. The molecule has 0 atom stereocenters. The number of nitrogens with zero attached hydrogens (tertiary/aromatic N) is 7. The van der Waals surface area contributed by atoms with E-state index in [1.54, 1.807) is 24.7 Å². The lowest BCUT2D eigenvalue weighted by molar-refractivity contribution is 0.211. The molecular formula is C26H23ClN8O. The first kappa shape index (κ1) is 22.5. The average molecular weight is 499 g/mol. The van der Waals surface area contributed by atoms with Crippen molar-refractivity contribution in [1.29, 1.82) is 5.26 Å². The number of halogens is 1. The van der Waals surface area contributed by atoms with Gasteiger partial charge in [0.1, 0.15) is 34.3 Å². The van der Waals surface area contributed by atoms with Crippen LogP contribution in [0.4, 0.5) is 5.82 Å². The lowest BCUT2D eigenvalue weighted by Gasteiger charge is -2.32. The number of piperidine rings is 1. The molecule has 1 aromatic carbocycles. The third-order valence-corrected chi connectivity index (χ3v) is 6.99. The van der Waals surface area contributed by atoms with Gasteiger partial charge in [0.05, 0.1) is 5.56 Å². The normalized spacial score (nSPS) is 15.4. The van der Waals surface area contributed by atoms with Gasteiger partial charge in [0.2, 0.25) is 5.82 Å². The van der Waals surface area contributed by atoms with Crippen LogP contribution in [0, 0.1) is 11.3 Å². The minimum atomic E-state index is 0.188. The Labute approximate surface area is 213 Å². The number of rotatable bonds is 5. The van der Waals surface area contributed by atoms with E-state index in [1.807, 2.05) is 16.7 Å². The molecular weight excluding hydrogens is 476 g/mol. The molecule has 9 nitrogen and oxygen atoms in total. The van der Waals surface area contributed by atoms with E-state index in [0.29, 0.717) is 23.7 Å². The Hall–Kier alpha value is -4.00. The Morgan fingerprint density at radius 3 is 2.72 bits per heavy atom. The maximum Gasteiger partial charge on any atom is 0.234 e. The van der Waals surface area contributed by atoms with E-state index in [-0.39, 0.29) is 5.82 Å². The number of imidazole rings is 1. The van der Waals surface area contributed by atoms with Crippen LogP contribution in [0.2, 0.25) is 5.15 Å². The molecule has 0 saturated carbocycles. The van der Waals surface area contributed by atoms with Gasteiger partial charge in [-0.05, 0) is 30.5 Å². The smallest absolute Gasteiger partial charge is 0.234 e. The summed E-state index contributed by atoms with van der Waals surface area (Å²) < 4.78 is 7.67. The second-order valence-electron chi connectivity index (χ2n) is 8.92. The predicted octanol–water partition coefficient (Wildman–Crippen LogP) is 4.35. The molecule has 180 valence electrons.